The summed E-state index contributed by atoms with van der Waals surface area (Å²) in [5, 5.41) is 3.28. The van der Waals surface area contributed by atoms with Gasteiger partial charge in [0.1, 0.15) is 6.33 Å². The molecule has 0 radical (unpaired) electrons. The van der Waals surface area contributed by atoms with E-state index in [1.807, 2.05) is 19.4 Å². The summed E-state index contributed by atoms with van der Waals surface area (Å²) in [5.74, 6) is 0. The van der Waals surface area contributed by atoms with Crippen molar-refractivity contribution in [2.24, 2.45) is 0 Å². The predicted molar refractivity (Wildman–Crippen MR) is 61.1 cm³/mol. The van der Waals surface area contributed by atoms with E-state index in [2.05, 4.69) is 27.2 Å². The van der Waals surface area contributed by atoms with Gasteiger partial charge in [-0.1, -0.05) is 0 Å². The van der Waals surface area contributed by atoms with E-state index in [0.717, 1.165) is 25.3 Å². The molecule has 0 bridgehead atoms. The van der Waals surface area contributed by atoms with Crippen LogP contribution in [0.2, 0.25) is 0 Å². The van der Waals surface area contributed by atoms with Crippen molar-refractivity contribution in [2.75, 3.05) is 33.8 Å². The van der Waals surface area contributed by atoms with Crippen molar-refractivity contribution in [3.63, 3.8) is 0 Å². The van der Waals surface area contributed by atoms with Gasteiger partial charge < -0.3 is 15.0 Å². The normalized spacial score (nSPS) is 24.2. The number of nitrogens with zero attached hydrogens (tertiary/aromatic N) is 3. The van der Waals surface area contributed by atoms with E-state index in [-0.39, 0.29) is 12.1 Å². The summed E-state index contributed by atoms with van der Waals surface area (Å²) in [5.41, 5.74) is 1.07. The molecule has 1 saturated heterocycles. The molecule has 0 amide bonds. The topological polar surface area (TPSA) is 50.3 Å². The SMILES string of the molecule is CNC(c1cncnc1)C1CN(C)CCO1. The number of hydrogen-bond acceptors (Lipinski definition) is 5. The van der Waals surface area contributed by atoms with Crippen LogP contribution < -0.4 is 5.32 Å². The fourth-order valence-electron chi connectivity index (χ4n) is 2.05. The highest BCUT2D eigenvalue weighted by Gasteiger charge is 2.27. The first kappa shape index (κ1) is 11.4. The minimum absolute atomic E-state index is 0.156. The van der Waals surface area contributed by atoms with Crippen molar-refractivity contribution in [1.82, 2.24) is 20.2 Å². The highest BCUT2D eigenvalue weighted by atomic mass is 16.5. The van der Waals surface area contributed by atoms with Gasteiger partial charge >= 0.3 is 0 Å². The van der Waals surface area contributed by atoms with Crippen LogP contribution in [0.5, 0.6) is 0 Å². The largest absolute Gasteiger partial charge is 0.374 e. The number of rotatable bonds is 3. The van der Waals surface area contributed by atoms with E-state index >= 15 is 0 Å². The number of hydrogen-bond donors (Lipinski definition) is 1. The zero-order valence-electron chi connectivity index (χ0n) is 9.76. The lowest BCUT2D eigenvalue weighted by molar-refractivity contribution is -0.0381. The van der Waals surface area contributed by atoms with Crippen molar-refractivity contribution < 1.29 is 4.74 Å². The molecule has 1 aliphatic heterocycles. The summed E-state index contributed by atoms with van der Waals surface area (Å²) in [7, 11) is 4.05. The Morgan fingerprint density at radius 2 is 2.25 bits per heavy atom. The molecule has 1 aromatic rings. The molecule has 16 heavy (non-hydrogen) atoms. The average molecular weight is 222 g/mol. The summed E-state index contributed by atoms with van der Waals surface area (Å²) in [6.07, 6.45) is 5.39. The van der Waals surface area contributed by atoms with Crippen LogP contribution in [-0.4, -0.2) is 54.8 Å². The van der Waals surface area contributed by atoms with E-state index < -0.39 is 0 Å². The second-order valence-electron chi connectivity index (χ2n) is 4.11. The van der Waals surface area contributed by atoms with Gasteiger partial charge in [0, 0.05) is 31.0 Å². The molecule has 0 saturated carbocycles. The van der Waals surface area contributed by atoms with Gasteiger partial charge in [-0.05, 0) is 14.1 Å². The van der Waals surface area contributed by atoms with Gasteiger partial charge in [-0.25, -0.2) is 9.97 Å². The fourth-order valence-corrected chi connectivity index (χ4v) is 2.05. The molecule has 5 heteroatoms. The van der Waals surface area contributed by atoms with Crippen LogP contribution in [0, 0.1) is 0 Å². The first-order chi connectivity index (χ1) is 7.81. The first-order valence-electron chi connectivity index (χ1n) is 5.53. The zero-order chi connectivity index (χ0) is 11.4. The van der Waals surface area contributed by atoms with Gasteiger partial charge in [0.2, 0.25) is 0 Å². The minimum atomic E-state index is 0.156. The lowest BCUT2D eigenvalue weighted by Crippen LogP contribution is -2.46. The lowest BCUT2D eigenvalue weighted by atomic mass is 10.0. The number of nitrogens with one attached hydrogen (secondary N) is 1. The number of ether oxygens (including phenoxy) is 1. The molecule has 1 aromatic heterocycles. The Bertz CT molecular complexity index is 319. The van der Waals surface area contributed by atoms with Gasteiger partial charge in [-0.2, -0.15) is 0 Å². The minimum Gasteiger partial charge on any atom is -0.374 e. The molecule has 0 aliphatic carbocycles. The van der Waals surface area contributed by atoms with Crippen LogP contribution in [0.1, 0.15) is 11.6 Å². The molecule has 1 fully saturated rings. The Kier molecular flexibility index (Phi) is 3.82. The van der Waals surface area contributed by atoms with Crippen molar-refractivity contribution in [3.8, 4) is 0 Å². The van der Waals surface area contributed by atoms with E-state index in [0.29, 0.717) is 0 Å². The zero-order valence-corrected chi connectivity index (χ0v) is 9.76. The molecule has 2 heterocycles. The maximum atomic E-state index is 5.80. The molecular formula is C11H18N4O. The Labute approximate surface area is 95.8 Å². The van der Waals surface area contributed by atoms with Gasteiger partial charge in [0.15, 0.2) is 0 Å². The van der Waals surface area contributed by atoms with Crippen LogP contribution in [-0.2, 0) is 4.74 Å². The summed E-state index contributed by atoms with van der Waals surface area (Å²) in [6.45, 7) is 2.71. The van der Waals surface area contributed by atoms with Crippen LogP contribution in [0.25, 0.3) is 0 Å². The van der Waals surface area contributed by atoms with Crippen LogP contribution in [0.4, 0.5) is 0 Å². The van der Waals surface area contributed by atoms with Crippen molar-refractivity contribution in [3.05, 3.63) is 24.3 Å². The quantitative estimate of drug-likeness (QED) is 0.784. The van der Waals surface area contributed by atoms with E-state index in [9.17, 15) is 0 Å². The van der Waals surface area contributed by atoms with Crippen molar-refractivity contribution in [1.29, 1.82) is 0 Å². The summed E-state index contributed by atoms with van der Waals surface area (Å²) >= 11 is 0. The maximum Gasteiger partial charge on any atom is 0.115 e. The molecule has 1 N–H and O–H groups in total. The Hall–Kier alpha value is -1.04. The predicted octanol–water partition coefficient (Wildman–Crippen LogP) is 0.0677. The number of morpholine rings is 1. The van der Waals surface area contributed by atoms with E-state index in [1.165, 1.54) is 0 Å². The molecule has 2 unspecified atom stereocenters. The summed E-state index contributed by atoms with van der Waals surface area (Å²) in [4.78, 5) is 10.4. The molecule has 88 valence electrons. The Morgan fingerprint density at radius 3 is 2.88 bits per heavy atom. The van der Waals surface area contributed by atoms with E-state index in [1.54, 1.807) is 6.33 Å². The molecule has 0 spiro atoms. The lowest BCUT2D eigenvalue weighted by Gasteiger charge is -2.34. The molecule has 1 aliphatic rings. The highest BCUT2D eigenvalue weighted by molar-refractivity contribution is 5.11. The molecular weight excluding hydrogens is 204 g/mol. The van der Waals surface area contributed by atoms with Gasteiger partial charge in [-0.15, -0.1) is 0 Å². The fraction of sp³-hybridized carbons (Fsp3) is 0.636. The molecule has 5 nitrogen and oxygen atoms in total. The van der Waals surface area contributed by atoms with Gasteiger partial charge in [0.25, 0.3) is 0 Å². The van der Waals surface area contributed by atoms with Crippen molar-refractivity contribution in [2.45, 2.75) is 12.1 Å². The third kappa shape index (κ3) is 2.55. The number of aromatic nitrogens is 2. The molecule has 0 aromatic carbocycles. The summed E-state index contributed by atoms with van der Waals surface area (Å²) in [6, 6.07) is 0.156. The average Bonchev–Trinajstić information content (AvgIpc) is 2.31. The third-order valence-corrected chi connectivity index (χ3v) is 2.92. The first-order valence-corrected chi connectivity index (χ1v) is 5.53. The Morgan fingerprint density at radius 1 is 1.50 bits per heavy atom. The second-order valence-corrected chi connectivity index (χ2v) is 4.11. The smallest absolute Gasteiger partial charge is 0.115 e. The van der Waals surface area contributed by atoms with E-state index in [4.69, 9.17) is 4.74 Å². The second kappa shape index (κ2) is 5.34. The van der Waals surface area contributed by atoms with Crippen LogP contribution in [0.3, 0.4) is 0 Å². The maximum absolute atomic E-state index is 5.80. The monoisotopic (exact) mass is 222 g/mol. The van der Waals surface area contributed by atoms with Gasteiger partial charge in [-0.3, -0.25) is 0 Å². The summed E-state index contributed by atoms with van der Waals surface area (Å²) < 4.78 is 5.80. The Balaban J connectivity index is 2.10. The van der Waals surface area contributed by atoms with Crippen molar-refractivity contribution >= 4 is 0 Å². The highest BCUT2D eigenvalue weighted by Crippen LogP contribution is 2.20. The number of likely N-dealkylation sites (N-methyl/N-ethyl adjacent to an activating group) is 2. The molecule has 2 rings (SSSR count). The molecule has 2 atom stereocenters. The third-order valence-electron chi connectivity index (χ3n) is 2.92. The van der Waals surface area contributed by atoms with Crippen LogP contribution in [0.15, 0.2) is 18.7 Å². The van der Waals surface area contributed by atoms with Gasteiger partial charge in [0.05, 0.1) is 18.8 Å². The standard InChI is InChI=1S/C11H18N4O/c1-12-11(9-5-13-8-14-6-9)10-7-15(2)3-4-16-10/h5-6,8,10-12H,3-4,7H2,1-2H3. The van der Waals surface area contributed by atoms with Crippen LogP contribution >= 0.6 is 0 Å².